The van der Waals surface area contributed by atoms with E-state index in [2.05, 4.69) is 10.3 Å². The third-order valence-electron chi connectivity index (χ3n) is 5.19. The smallest absolute Gasteiger partial charge is 0.350 e. The van der Waals surface area contributed by atoms with Crippen LogP contribution in [0, 0.1) is 13.8 Å². The van der Waals surface area contributed by atoms with Gasteiger partial charge in [-0.2, -0.15) is 4.31 Å². The summed E-state index contributed by atoms with van der Waals surface area (Å²) >= 11 is 1.01. The fourth-order valence-corrected chi connectivity index (χ4v) is 6.07. The molecule has 1 fully saturated rings. The number of carbonyl (C=O) groups excluding carboxylic acids is 2. The molecule has 2 heterocycles. The predicted molar refractivity (Wildman–Crippen MR) is 115 cm³/mol. The number of carbonyl (C=O) groups is 2. The lowest BCUT2D eigenvalue weighted by atomic mass is 10.1. The van der Waals surface area contributed by atoms with Gasteiger partial charge in [0.1, 0.15) is 4.88 Å². The highest BCUT2D eigenvalue weighted by Gasteiger charge is 2.31. The number of nitrogens with one attached hydrogen (secondary N) is 1. The minimum absolute atomic E-state index is 0.0719. The van der Waals surface area contributed by atoms with Crippen molar-refractivity contribution < 1.29 is 22.7 Å². The first-order chi connectivity index (χ1) is 14.1. The van der Waals surface area contributed by atoms with Crippen LogP contribution >= 0.6 is 11.3 Å². The fourth-order valence-electron chi connectivity index (χ4n) is 3.47. The van der Waals surface area contributed by atoms with Gasteiger partial charge in [-0.05, 0) is 51.3 Å². The molecule has 3 rings (SSSR count). The van der Waals surface area contributed by atoms with E-state index in [0.29, 0.717) is 22.7 Å². The van der Waals surface area contributed by atoms with Crippen LogP contribution in [0.3, 0.4) is 0 Å². The van der Waals surface area contributed by atoms with Gasteiger partial charge in [0.05, 0.1) is 17.7 Å². The topological polar surface area (TPSA) is 106 Å². The summed E-state index contributed by atoms with van der Waals surface area (Å²) in [5.41, 5.74) is 1.34. The number of benzene rings is 1. The molecule has 10 heteroatoms. The molecule has 1 N–H and O–H groups in total. The van der Waals surface area contributed by atoms with Crippen molar-refractivity contribution in [3.63, 3.8) is 0 Å². The van der Waals surface area contributed by atoms with Crippen molar-refractivity contribution in [2.24, 2.45) is 0 Å². The summed E-state index contributed by atoms with van der Waals surface area (Å²) in [6, 6.07) is 4.50. The number of aryl methyl sites for hydroxylation is 2. The van der Waals surface area contributed by atoms with Crippen LogP contribution in [0.15, 0.2) is 23.1 Å². The Hall–Kier alpha value is -2.30. The summed E-state index contributed by atoms with van der Waals surface area (Å²) < 4.78 is 32.5. The molecule has 30 heavy (non-hydrogen) atoms. The van der Waals surface area contributed by atoms with E-state index in [9.17, 15) is 18.0 Å². The largest absolute Gasteiger partial charge is 0.465 e. The van der Waals surface area contributed by atoms with Crippen LogP contribution in [-0.2, 0) is 14.8 Å². The van der Waals surface area contributed by atoms with Crippen LogP contribution in [0.1, 0.15) is 57.5 Å². The number of hydrogen-bond donors (Lipinski definition) is 1. The third kappa shape index (κ3) is 4.40. The number of thiazole rings is 1. The Morgan fingerprint density at radius 3 is 2.67 bits per heavy atom. The Bertz CT molecular complexity index is 1080. The van der Waals surface area contributed by atoms with E-state index in [0.717, 1.165) is 30.6 Å². The molecule has 1 aromatic heterocycles. The molecule has 162 valence electrons. The van der Waals surface area contributed by atoms with Gasteiger partial charge in [-0.1, -0.05) is 23.8 Å². The highest BCUT2D eigenvalue weighted by Crippen LogP contribution is 2.28. The van der Waals surface area contributed by atoms with Crippen LogP contribution in [-0.4, -0.2) is 49.3 Å². The summed E-state index contributed by atoms with van der Waals surface area (Å²) in [6.45, 7) is 5.77. The first-order valence-electron chi connectivity index (χ1n) is 9.64. The van der Waals surface area contributed by atoms with E-state index in [1.165, 1.54) is 23.5 Å². The molecule has 8 nitrogen and oxygen atoms in total. The van der Waals surface area contributed by atoms with Gasteiger partial charge in [0, 0.05) is 18.2 Å². The number of nitrogens with zero attached hydrogens (tertiary/aromatic N) is 2. The molecule has 1 aliphatic heterocycles. The van der Waals surface area contributed by atoms with Crippen molar-refractivity contribution in [1.29, 1.82) is 0 Å². The highest BCUT2D eigenvalue weighted by molar-refractivity contribution is 7.89. The van der Waals surface area contributed by atoms with Crippen LogP contribution in [0.2, 0.25) is 0 Å². The number of aromatic nitrogens is 1. The number of methoxy groups -OCH3 is 1. The summed E-state index contributed by atoms with van der Waals surface area (Å²) in [5.74, 6) is -1.01. The lowest BCUT2D eigenvalue weighted by Gasteiger charge is -2.32. The SMILES string of the molecule is COC(=O)c1sc(NC(=O)c2cc(S(=O)(=O)N3CCCCC3C)ccc2C)nc1C. The second-order valence-electron chi connectivity index (χ2n) is 7.32. The van der Waals surface area contributed by atoms with Crippen LogP contribution < -0.4 is 5.32 Å². The van der Waals surface area contributed by atoms with Gasteiger partial charge >= 0.3 is 5.97 Å². The van der Waals surface area contributed by atoms with Crippen molar-refractivity contribution in [1.82, 2.24) is 9.29 Å². The average molecular weight is 452 g/mol. The number of sulfonamides is 1. The second-order valence-corrected chi connectivity index (χ2v) is 10.2. The minimum Gasteiger partial charge on any atom is -0.465 e. The average Bonchev–Trinajstić information content (AvgIpc) is 3.07. The monoisotopic (exact) mass is 451 g/mol. The Labute approximate surface area is 180 Å². The maximum Gasteiger partial charge on any atom is 0.350 e. The molecule has 1 aliphatic rings. The normalized spacial score (nSPS) is 17.5. The zero-order valence-corrected chi connectivity index (χ0v) is 19.0. The van der Waals surface area contributed by atoms with E-state index in [1.54, 1.807) is 19.9 Å². The standard InChI is InChI=1S/C20H25N3O5S2/c1-12-8-9-15(30(26,27)23-10-6-5-7-13(23)2)11-16(12)18(24)22-20-21-14(3)17(29-20)19(25)28-4/h8-9,11,13H,5-7,10H2,1-4H3,(H,21,22,24). The zero-order chi connectivity index (χ0) is 22.1. The summed E-state index contributed by atoms with van der Waals surface area (Å²) in [5, 5.41) is 2.90. The zero-order valence-electron chi connectivity index (χ0n) is 17.4. The van der Waals surface area contributed by atoms with Crippen LogP contribution in [0.4, 0.5) is 5.13 Å². The van der Waals surface area contributed by atoms with E-state index >= 15 is 0 Å². The molecule has 1 unspecified atom stereocenters. The molecule has 0 spiro atoms. The predicted octanol–water partition coefficient (Wildman–Crippen LogP) is 3.36. The molecule has 1 saturated heterocycles. The lowest BCUT2D eigenvalue weighted by Crippen LogP contribution is -2.42. The van der Waals surface area contributed by atoms with Gasteiger partial charge in [-0.25, -0.2) is 18.2 Å². The summed E-state index contributed by atoms with van der Waals surface area (Å²) in [4.78, 5) is 29.2. The molecule has 1 amide bonds. The van der Waals surface area contributed by atoms with Crippen molar-refractivity contribution in [3.05, 3.63) is 39.9 Å². The highest BCUT2D eigenvalue weighted by atomic mass is 32.2. The lowest BCUT2D eigenvalue weighted by molar-refractivity contribution is 0.0605. The number of piperidine rings is 1. The first kappa shape index (κ1) is 22.4. The Morgan fingerprint density at radius 2 is 2.00 bits per heavy atom. The Kier molecular flexibility index (Phi) is 6.59. The van der Waals surface area contributed by atoms with E-state index in [-0.39, 0.29) is 21.6 Å². The van der Waals surface area contributed by atoms with Gasteiger partial charge in [0.2, 0.25) is 10.0 Å². The number of hydrogen-bond acceptors (Lipinski definition) is 7. The molecular weight excluding hydrogens is 426 g/mol. The fraction of sp³-hybridized carbons (Fsp3) is 0.450. The van der Waals surface area contributed by atoms with Gasteiger partial charge in [0.15, 0.2) is 5.13 Å². The first-order valence-corrected chi connectivity index (χ1v) is 11.9. The number of rotatable bonds is 5. The van der Waals surface area contributed by atoms with E-state index in [4.69, 9.17) is 4.74 Å². The number of esters is 1. The molecule has 0 saturated carbocycles. The van der Waals surface area contributed by atoms with Crippen LogP contribution in [0.5, 0.6) is 0 Å². The van der Waals surface area contributed by atoms with Gasteiger partial charge in [0.25, 0.3) is 5.91 Å². The summed E-state index contributed by atoms with van der Waals surface area (Å²) in [7, 11) is -2.42. The van der Waals surface area contributed by atoms with E-state index in [1.807, 2.05) is 6.92 Å². The van der Waals surface area contributed by atoms with Crippen molar-refractivity contribution in [2.45, 2.75) is 51.0 Å². The second kappa shape index (κ2) is 8.83. The molecule has 0 aliphatic carbocycles. The summed E-state index contributed by atoms with van der Waals surface area (Å²) in [6.07, 6.45) is 2.66. The van der Waals surface area contributed by atoms with E-state index < -0.39 is 21.9 Å². The van der Waals surface area contributed by atoms with Gasteiger partial charge < -0.3 is 4.74 Å². The number of ether oxygens (including phenoxy) is 1. The molecule has 0 bridgehead atoms. The molecule has 1 aromatic carbocycles. The minimum atomic E-state index is -3.69. The molecule has 1 atom stereocenters. The third-order valence-corrected chi connectivity index (χ3v) is 8.25. The van der Waals surface area contributed by atoms with Gasteiger partial charge in [-0.3, -0.25) is 10.1 Å². The molecule has 2 aromatic rings. The number of anilines is 1. The molecular formula is C20H25N3O5S2. The van der Waals surface area contributed by atoms with Crippen molar-refractivity contribution >= 4 is 38.4 Å². The molecule has 0 radical (unpaired) electrons. The quantitative estimate of drug-likeness (QED) is 0.699. The van der Waals surface area contributed by atoms with Crippen molar-refractivity contribution in [2.75, 3.05) is 19.0 Å². The number of amides is 1. The Balaban J connectivity index is 1.88. The maximum absolute atomic E-state index is 13.1. The maximum atomic E-state index is 13.1. The van der Waals surface area contributed by atoms with Gasteiger partial charge in [-0.15, -0.1) is 0 Å². The van der Waals surface area contributed by atoms with Crippen LogP contribution in [0.25, 0.3) is 0 Å². The Morgan fingerprint density at radius 1 is 1.27 bits per heavy atom. The van der Waals surface area contributed by atoms with Crippen molar-refractivity contribution in [3.8, 4) is 0 Å².